The highest BCUT2D eigenvalue weighted by atomic mass is 16.2. The SMILES string of the molecule is CC(C)(C)c1ccc(C(Nc2ccccc2)C(=O)N2CCCCC2c2ccccc2)cc1. The van der Waals surface area contributed by atoms with E-state index >= 15 is 0 Å². The lowest BCUT2D eigenvalue weighted by atomic mass is 9.86. The molecule has 1 heterocycles. The normalized spacial score (nSPS) is 17.6. The van der Waals surface area contributed by atoms with E-state index in [9.17, 15) is 4.79 Å². The summed E-state index contributed by atoms with van der Waals surface area (Å²) in [5.74, 6) is 0.144. The smallest absolute Gasteiger partial charge is 0.250 e. The molecule has 3 aromatic carbocycles. The molecule has 1 fully saturated rings. The van der Waals surface area contributed by atoms with E-state index in [1.165, 1.54) is 11.1 Å². The molecule has 1 amide bonds. The van der Waals surface area contributed by atoms with Crippen molar-refractivity contribution in [3.05, 3.63) is 102 Å². The summed E-state index contributed by atoms with van der Waals surface area (Å²) in [4.78, 5) is 16.1. The Morgan fingerprint density at radius 1 is 0.875 bits per heavy atom. The first-order valence-electron chi connectivity index (χ1n) is 11.7. The number of likely N-dealkylation sites (tertiary alicyclic amines) is 1. The van der Waals surface area contributed by atoms with E-state index in [1.807, 2.05) is 36.4 Å². The maximum atomic E-state index is 14.0. The van der Waals surface area contributed by atoms with Crippen molar-refractivity contribution in [2.45, 2.75) is 57.5 Å². The van der Waals surface area contributed by atoms with Gasteiger partial charge in [-0.1, -0.05) is 93.6 Å². The predicted octanol–water partition coefficient (Wildman–Crippen LogP) is 6.89. The zero-order chi connectivity index (χ0) is 22.6. The quantitative estimate of drug-likeness (QED) is 0.482. The third-order valence-electron chi connectivity index (χ3n) is 6.41. The molecule has 32 heavy (non-hydrogen) atoms. The lowest BCUT2D eigenvalue weighted by Gasteiger charge is -2.38. The van der Waals surface area contributed by atoms with Crippen LogP contribution in [0.15, 0.2) is 84.9 Å². The van der Waals surface area contributed by atoms with Crippen LogP contribution in [0.4, 0.5) is 5.69 Å². The van der Waals surface area contributed by atoms with Gasteiger partial charge in [-0.2, -0.15) is 0 Å². The van der Waals surface area contributed by atoms with E-state index in [2.05, 4.69) is 79.5 Å². The second-order valence-electron chi connectivity index (χ2n) is 9.77. The van der Waals surface area contributed by atoms with Gasteiger partial charge in [-0.15, -0.1) is 0 Å². The average Bonchev–Trinajstić information content (AvgIpc) is 2.83. The van der Waals surface area contributed by atoms with Crippen LogP contribution in [0.25, 0.3) is 0 Å². The lowest BCUT2D eigenvalue weighted by molar-refractivity contribution is -0.136. The molecule has 4 rings (SSSR count). The molecule has 0 bridgehead atoms. The highest BCUT2D eigenvalue weighted by Gasteiger charge is 2.33. The topological polar surface area (TPSA) is 32.3 Å². The first-order valence-corrected chi connectivity index (χ1v) is 11.7. The highest BCUT2D eigenvalue weighted by Crippen LogP contribution is 2.34. The summed E-state index contributed by atoms with van der Waals surface area (Å²) in [7, 11) is 0. The molecule has 1 N–H and O–H groups in total. The molecule has 1 saturated heterocycles. The predicted molar refractivity (Wildman–Crippen MR) is 133 cm³/mol. The molecule has 1 aliphatic heterocycles. The van der Waals surface area contributed by atoms with Crippen molar-refractivity contribution in [3.63, 3.8) is 0 Å². The Kier molecular flexibility index (Phi) is 6.64. The van der Waals surface area contributed by atoms with Gasteiger partial charge >= 0.3 is 0 Å². The average molecular weight is 427 g/mol. The largest absolute Gasteiger partial charge is 0.370 e. The molecule has 3 nitrogen and oxygen atoms in total. The molecular weight excluding hydrogens is 392 g/mol. The molecule has 0 aliphatic carbocycles. The van der Waals surface area contributed by atoms with Crippen molar-refractivity contribution < 1.29 is 4.79 Å². The molecule has 0 aromatic heterocycles. The number of hydrogen-bond donors (Lipinski definition) is 1. The molecule has 0 radical (unpaired) electrons. The maximum absolute atomic E-state index is 14.0. The molecule has 1 aliphatic rings. The van der Waals surface area contributed by atoms with Gasteiger partial charge < -0.3 is 10.2 Å². The summed E-state index contributed by atoms with van der Waals surface area (Å²) in [6.45, 7) is 7.44. The van der Waals surface area contributed by atoms with Crippen molar-refractivity contribution in [3.8, 4) is 0 Å². The van der Waals surface area contributed by atoms with Crippen molar-refractivity contribution in [1.29, 1.82) is 0 Å². The van der Waals surface area contributed by atoms with E-state index in [4.69, 9.17) is 0 Å². The highest BCUT2D eigenvalue weighted by molar-refractivity contribution is 5.86. The van der Waals surface area contributed by atoms with Crippen LogP contribution in [0, 0.1) is 0 Å². The number of carbonyl (C=O) groups is 1. The standard InChI is InChI=1S/C29H34N2O/c1-29(2,3)24-19-17-23(18-20-24)27(30-25-14-8-5-9-15-25)28(32)31-21-11-10-16-26(31)22-12-6-4-7-13-22/h4-9,12-15,17-20,26-27,30H,10-11,16,21H2,1-3H3. The van der Waals surface area contributed by atoms with E-state index in [0.29, 0.717) is 0 Å². The van der Waals surface area contributed by atoms with E-state index < -0.39 is 6.04 Å². The minimum absolute atomic E-state index is 0.0795. The van der Waals surface area contributed by atoms with Crippen LogP contribution in [0.2, 0.25) is 0 Å². The lowest BCUT2D eigenvalue weighted by Crippen LogP contribution is -2.43. The van der Waals surface area contributed by atoms with Gasteiger partial charge in [0.2, 0.25) is 5.91 Å². The summed E-state index contributed by atoms with van der Waals surface area (Å²) in [5, 5.41) is 3.53. The van der Waals surface area contributed by atoms with Gasteiger partial charge in [-0.3, -0.25) is 4.79 Å². The second kappa shape index (κ2) is 9.60. The number of amides is 1. The van der Waals surface area contributed by atoms with Crippen LogP contribution in [-0.2, 0) is 10.2 Å². The number of para-hydroxylation sites is 1. The molecule has 166 valence electrons. The van der Waals surface area contributed by atoms with Crippen molar-refractivity contribution in [2.75, 3.05) is 11.9 Å². The van der Waals surface area contributed by atoms with E-state index in [1.54, 1.807) is 0 Å². The summed E-state index contributed by atoms with van der Waals surface area (Å²) < 4.78 is 0. The fraction of sp³-hybridized carbons (Fsp3) is 0.345. The van der Waals surface area contributed by atoms with Crippen molar-refractivity contribution in [2.24, 2.45) is 0 Å². The summed E-state index contributed by atoms with van der Waals surface area (Å²) in [6.07, 6.45) is 3.22. The summed E-state index contributed by atoms with van der Waals surface area (Å²) >= 11 is 0. The van der Waals surface area contributed by atoms with Gasteiger partial charge in [0.05, 0.1) is 6.04 Å². The Bertz CT molecular complexity index is 1010. The van der Waals surface area contributed by atoms with Crippen molar-refractivity contribution in [1.82, 2.24) is 4.90 Å². The van der Waals surface area contributed by atoms with Crippen LogP contribution in [-0.4, -0.2) is 17.4 Å². The van der Waals surface area contributed by atoms with Gasteiger partial charge in [-0.05, 0) is 53.5 Å². The van der Waals surface area contributed by atoms with Crippen LogP contribution >= 0.6 is 0 Å². The number of benzene rings is 3. The molecular formula is C29H34N2O. The second-order valence-corrected chi connectivity index (χ2v) is 9.77. The number of carbonyl (C=O) groups excluding carboxylic acids is 1. The van der Waals surface area contributed by atoms with Gasteiger partial charge in [0.15, 0.2) is 0 Å². The Labute approximate surface area is 192 Å². The monoisotopic (exact) mass is 426 g/mol. The number of nitrogens with one attached hydrogen (secondary N) is 1. The van der Waals surface area contributed by atoms with Crippen LogP contribution in [0.5, 0.6) is 0 Å². The third kappa shape index (κ3) is 5.04. The molecule has 0 saturated carbocycles. The number of hydrogen-bond acceptors (Lipinski definition) is 2. The molecule has 3 aromatic rings. The Hall–Kier alpha value is -3.07. The molecule has 2 atom stereocenters. The molecule has 0 spiro atoms. The third-order valence-corrected chi connectivity index (χ3v) is 6.41. The van der Waals surface area contributed by atoms with E-state index in [-0.39, 0.29) is 17.4 Å². The summed E-state index contributed by atoms with van der Waals surface area (Å²) in [5.41, 5.74) is 4.54. The Morgan fingerprint density at radius 3 is 2.12 bits per heavy atom. The minimum Gasteiger partial charge on any atom is -0.370 e. The van der Waals surface area contributed by atoms with Gasteiger partial charge in [0.25, 0.3) is 0 Å². The zero-order valence-corrected chi connectivity index (χ0v) is 19.4. The Morgan fingerprint density at radius 2 is 1.50 bits per heavy atom. The fourth-order valence-corrected chi connectivity index (χ4v) is 4.55. The summed E-state index contributed by atoms with van der Waals surface area (Å²) in [6, 6.07) is 28.8. The molecule has 2 unspecified atom stereocenters. The first kappa shape index (κ1) is 22.1. The minimum atomic E-state index is -0.421. The Balaban J connectivity index is 1.67. The molecule has 3 heteroatoms. The van der Waals surface area contributed by atoms with Crippen LogP contribution < -0.4 is 5.32 Å². The number of anilines is 1. The van der Waals surface area contributed by atoms with Gasteiger partial charge in [0.1, 0.15) is 6.04 Å². The van der Waals surface area contributed by atoms with E-state index in [0.717, 1.165) is 37.1 Å². The number of rotatable bonds is 5. The van der Waals surface area contributed by atoms with Crippen molar-refractivity contribution >= 4 is 11.6 Å². The number of piperidine rings is 1. The first-order chi connectivity index (χ1) is 15.4. The maximum Gasteiger partial charge on any atom is 0.250 e. The van der Waals surface area contributed by atoms with Crippen LogP contribution in [0.3, 0.4) is 0 Å². The van der Waals surface area contributed by atoms with Crippen LogP contribution in [0.1, 0.15) is 68.8 Å². The van der Waals surface area contributed by atoms with Gasteiger partial charge in [0, 0.05) is 12.2 Å². The number of nitrogens with zero attached hydrogens (tertiary/aromatic N) is 1. The van der Waals surface area contributed by atoms with Gasteiger partial charge in [-0.25, -0.2) is 0 Å². The zero-order valence-electron chi connectivity index (χ0n) is 19.4. The fourth-order valence-electron chi connectivity index (χ4n) is 4.55.